The van der Waals surface area contributed by atoms with E-state index in [0.717, 1.165) is 30.5 Å². The van der Waals surface area contributed by atoms with Gasteiger partial charge >= 0.3 is 0 Å². The first-order valence-electron chi connectivity index (χ1n) is 7.33. The summed E-state index contributed by atoms with van der Waals surface area (Å²) in [6.07, 6.45) is 3.54. The van der Waals surface area contributed by atoms with Crippen molar-refractivity contribution in [3.8, 4) is 0 Å². The Balaban J connectivity index is 0.00000176. The number of carbonyl (C=O) groups is 1. The molecular formula is C15H21ClN4O2. The first-order chi connectivity index (χ1) is 10.1. The Hall–Kier alpha value is -1.66. The molecule has 1 amide bonds. The van der Waals surface area contributed by atoms with Crippen molar-refractivity contribution in [1.82, 2.24) is 15.0 Å². The molecule has 2 atom stereocenters. The second-order valence-electron chi connectivity index (χ2n) is 5.86. The molecule has 1 aliphatic heterocycles. The van der Waals surface area contributed by atoms with Crippen molar-refractivity contribution < 1.29 is 9.32 Å². The number of amides is 1. The molecule has 3 rings (SSSR count). The first kappa shape index (κ1) is 16.7. The third-order valence-corrected chi connectivity index (χ3v) is 4.27. The molecule has 120 valence electrons. The Labute approximate surface area is 135 Å². The van der Waals surface area contributed by atoms with Crippen LogP contribution in [0.15, 0.2) is 16.8 Å². The number of aryl methyl sites for hydroxylation is 1. The Morgan fingerprint density at radius 1 is 1.55 bits per heavy atom. The molecule has 3 heterocycles. The molecule has 7 heteroatoms. The van der Waals surface area contributed by atoms with Gasteiger partial charge in [0.2, 0.25) is 0 Å². The lowest BCUT2D eigenvalue weighted by molar-refractivity contribution is 0.0573. The maximum atomic E-state index is 12.7. The number of carbonyl (C=O) groups excluding carboxylic acids is 1. The van der Waals surface area contributed by atoms with Crippen LogP contribution in [0.4, 0.5) is 0 Å². The van der Waals surface area contributed by atoms with Crippen molar-refractivity contribution in [2.45, 2.75) is 32.7 Å². The van der Waals surface area contributed by atoms with Crippen LogP contribution in [0.2, 0.25) is 0 Å². The Morgan fingerprint density at radius 3 is 3.05 bits per heavy atom. The molecular weight excluding hydrogens is 304 g/mol. The number of pyridine rings is 1. The van der Waals surface area contributed by atoms with E-state index in [9.17, 15) is 4.79 Å². The minimum Gasteiger partial charge on any atom is -0.336 e. The summed E-state index contributed by atoms with van der Waals surface area (Å²) in [6.45, 7) is 5.30. The second-order valence-corrected chi connectivity index (χ2v) is 5.86. The predicted octanol–water partition coefficient (Wildman–Crippen LogP) is 2.15. The maximum absolute atomic E-state index is 12.7. The lowest BCUT2D eigenvalue weighted by atomic mass is 9.92. The van der Waals surface area contributed by atoms with Crippen molar-refractivity contribution in [2.24, 2.45) is 11.7 Å². The molecule has 0 radical (unpaired) electrons. The highest BCUT2D eigenvalue weighted by atomic mass is 35.5. The molecule has 2 aromatic heterocycles. The normalized spacial score (nSPS) is 21.7. The van der Waals surface area contributed by atoms with Gasteiger partial charge in [-0.1, -0.05) is 12.1 Å². The molecule has 0 spiro atoms. The van der Waals surface area contributed by atoms with Gasteiger partial charge in [-0.3, -0.25) is 4.79 Å². The molecule has 1 fully saturated rings. The van der Waals surface area contributed by atoms with Crippen molar-refractivity contribution >= 4 is 29.4 Å². The van der Waals surface area contributed by atoms with E-state index in [4.69, 9.17) is 10.3 Å². The zero-order valence-electron chi connectivity index (χ0n) is 12.8. The van der Waals surface area contributed by atoms with Crippen LogP contribution in [-0.2, 0) is 0 Å². The van der Waals surface area contributed by atoms with Crippen LogP contribution < -0.4 is 5.73 Å². The molecule has 1 saturated heterocycles. The van der Waals surface area contributed by atoms with Crippen LogP contribution >= 0.6 is 12.4 Å². The van der Waals surface area contributed by atoms with Gasteiger partial charge in [0.05, 0.1) is 16.6 Å². The van der Waals surface area contributed by atoms with E-state index in [0.29, 0.717) is 23.7 Å². The van der Waals surface area contributed by atoms with E-state index in [-0.39, 0.29) is 24.4 Å². The smallest absolute Gasteiger partial charge is 0.257 e. The van der Waals surface area contributed by atoms with Crippen LogP contribution in [0.3, 0.4) is 0 Å². The number of likely N-dealkylation sites (tertiary alicyclic amines) is 1. The Bertz CT molecular complexity index is 673. The number of nitrogens with two attached hydrogens (primary N) is 1. The molecule has 22 heavy (non-hydrogen) atoms. The number of halogens is 1. The highest BCUT2D eigenvalue weighted by Gasteiger charge is 2.30. The van der Waals surface area contributed by atoms with E-state index in [1.165, 1.54) is 0 Å². The SMILES string of the molecule is Cc1noc2ncc(C(=O)N3CCC(C)CC3CN)cc12.Cl. The van der Waals surface area contributed by atoms with Crippen molar-refractivity contribution in [3.63, 3.8) is 0 Å². The van der Waals surface area contributed by atoms with E-state index in [1.54, 1.807) is 6.20 Å². The second kappa shape index (κ2) is 6.62. The van der Waals surface area contributed by atoms with E-state index in [1.807, 2.05) is 17.9 Å². The first-order valence-corrected chi connectivity index (χ1v) is 7.33. The van der Waals surface area contributed by atoms with E-state index >= 15 is 0 Å². The summed E-state index contributed by atoms with van der Waals surface area (Å²) in [5.74, 6) is 0.607. The highest BCUT2D eigenvalue weighted by molar-refractivity contribution is 5.97. The fourth-order valence-corrected chi connectivity index (χ4v) is 2.97. The number of hydrogen-bond acceptors (Lipinski definition) is 5. The van der Waals surface area contributed by atoms with E-state index in [2.05, 4.69) is 17.1 Å². The molecule has 2 N–H and O–H groups in total. The number of fused-ring (bicyclic) bond motifs is 1. The van der Waals surface area contributed by atoms with Crippen LogP contribution in [0.5, 0.6) is 0 Å². The minimum atomic E-state index is -0.00708. The predicted molar refractivity (Wildman–Crippen MR) is 86.1 cm³/mol. The number of nitrogens with zero attached hydrogens (tertiary/aromatic N) is 3. The number of rotatable bonds is 2. The molecule has 2 aromatic rings. The topological polar surface area (TPSA) is 85.2 Å². The summed E-state index contributed by atoms with van der Waals surface area (Å²) in [7, 11) is 0. The van der Waals surface area contributed by atoms with Crippen LogP contribution in [0, 0.1) is 12.8 Å². The summed E-state index contributed by atoms with van der Waals surface area (Å²) < 4.78 is 5.08. The van der Waals surface area contributed by atoms with Crippen LogP contribution in [-0.4, -0.2) is 40.1 Å². The number of aromatic nitrogens is 2. The fourth-order valence-electron chi connectivity index (χ4n) is 2.97. The van der Waals surface area contributed by atoms with Gasteiger partial charge in [-0.25, -0.2) is 4.98 Å². The van der Waals surface area contributed by atoms with Crippen LogP contribution in [0.25, 0.3) is 11.1 Å². The molecule has 0 saturated carbocycles. The average Bonchev–Trinajstić information content (AvgIpc) is 2.87. The van der Waals surface area contributed by atoms with Gasteiger partial charge in [0.15, 0.2) is 0 Å². The number of hydrogen-bond donors (Lipinski definition) is 1. The summed E-state index contributed by atoms with van der Waals surface area (Å²) in [5.41, 5.74) is 7.62. The summed E-state index contributed by atoms with van der Waals surface area (Å²) in [5, 5.41) is 4.65. The lowest BCUT2D eigenvalue weighted by Crippen LogP contribution is -2.49. The summed E-state index contributed by atoms with van der Waals surface area (Å²) >= 11 is 0. The van der Waals surface area contributed by atoms with Gasteiger partial charge in [0.25, 0.3) is 11.6 Å². The van der Waals surface area contributed by atoms with Gasteiger partial charge in [-0.05, 0) is 31.7 Å². The zero-order chi connectivity index (χ0) is 15.0. The van der Waals surface area contributed by atoms with Gasteiger partial charge in [0.1, 0.15) is 0 Å². The monoisotopic (exact) mass is 324 g/mol. The van der Waals surface area contributed by atoms with Crippen LogP contribution in [0.1, 0.15) is 35.8 Å². The molecule has 1 aliphatic rings. The molecule has 0 bridgehead atoms. The summed E-state index contributed by atoms with van der Waals surface area (Å²) in [6, 6.07) is 1.92. The number of piperidine rings is 1. The lowest BCUT2D eigenvalue weighted by Gasteiger charge is -2.38. The average molecular weight is 325 g/mol. The molecule has 0 aromatic carbocycles. The quantitative estimate of drug-likeness (QED) is 0.914. The largest absolute Gasteiger partial charge is 0.336 e. The molecule has 0 aliphatic carbocycles. The van der Waals surface area contributed by atoms with Gasteiger partial charge in [0, 0.05) is 25.3 Å². The molecule has 6 nitrogen and oxygen atoms in total. The fraction of sp³-hybridized carbons (Fsp3) is 0.533. The highest BCUT2D eigenvalue weighted by Crippen LogP contribution is 2.24. The standard InChI is InChI=1S/C15H20N4O2.ClH/c1-9-3-4-19(12(5-9)7-16)15(20)11-6-13-10(2)18-21-14(13)17-8-11;/h6,8-9,12H,3-5,7,16H2,1-2H3;1H. The van der Waals surface area contributed by atoms with Crippen molar-refractivity contribution in [2.75, 3.05) is 13.1 Å². The van der Waals surface area contributed by atoms with Gasteiger partial charge in [-0.2, -0.15) is 0 Å². The van der Waals surface area contributed by atoms with E-state index < -0.39 is 0 Å². The summed E-state index contributed by atoms with van der Waals surface area (Å²) in [4.78, 5) is 18.8. The molecule has 2 unspecified atom stereocenters. The Kier molecular flexibility index (Phi) is 5.03. The van der Waals surface area contributed by atoms with Gasteiger partial charge in [-0.15, -0.1) is 12.4 Å². The maximum Gasteiger partial charge on any atom is 0.257 e. The minimum absolute atomic E-state index is 0. The van der Waals surface area contributed by atoms with Crippen molar-refractivity contribution in [1.29, 1.82) is 0 Å². The zero-order valence-corrected chi connectivity index (χ0v) is 13.6. The Morgan fingerprint density at radius 2 is 2.32 bits per heavy atom. The van der Waals surface area contributed by atoms with Gasteiger partial charge < -0.3 is 15.2 Å². The van der Waals surface area contributed by atoms with Crippen molar-refractivity contribution in [3.05, 3.63) is 23.5 Å². The third-order valence-electron chi connectivity index (χ3n) is 4.27. The third kappa shape index (κ3) is 2.94.